The Labute approximate surface area is 218 Å². The normalized spacial score (nSPS) is 13.9. The molecule has 5 N–H and O–H groups in total. The number of thiocarbonyl (C=S) groups is 1. The summed E-state index contributed by atoms with van der Waals surface area (Å²) < 4.78 is 6.23. The summed E-state index contributed by atoms with van der Waals surface area (Å²) in [5.41, 5.74) is 8.50. The Morgan fingerprint density at radius 2 is 1.75 bits per heavy atom. The highest BCUT2D eigenvalue weighted by Crippen LogP contribution is 2.26. The first kappa shape index (κ1) is 25.4. The zero-order chi connectivity index (χ0) is 25.7. The van der Waals surface area contributed by atoms with E-state index in [0.717, 1.165) is 60.2 Å². The maximum Gasteiger partial charge on any atom is 0.173 e. The lowest BCUT2D eigenvalue weighted by molar-refractivity contribution is 0.130. The van der Waals surface area contributed by atoms with Crippen LogP contribution in [0.4, 0.5) is 5.69 Å². The van der Waals surface area contributed by atoms with Crippen LogP contribution in [-0.2, 0) is 6.54 Å². The van der Waals surface area contributed by atoms with Gasteiger partial charge in [-0.15, -0.1) is 0 Å². The van der Waals surface area contributed by atoms with Crippen molar-refractivity contribution in [2.75, 3.05) is 24.5 Å². The van der Waals surface area contributed by atoms with Gasteiger partial charge < -0.3 is 25.6 Å². The number of anilines is 1. The Bertz CT molecular complexity index is 1250. The third-order valence-corrected chi connectivity index (χ3v) is 6.86. The highest BCUT2D eigenvalue weighted by atomic mass is 32.1. The fourth-order valence-electron chi connectivity index (χ4n) is 4.48. The van der Waals surface area contributed by atoms with Crippen LogP contribution in [0.5, 0.6) is 5.75 Å². The van der Waals surface area contributed by atoms with E-state index >= 15 is 0 Å². The number of nitrogen functional groups attached to an aromatic ring is 1. The van der Waals surface area contributed by atoms with Crippen LogP contribution in [0.15, 0.2) is 60.7 Å². The highest BCUT2D eigenvalue weighted by molar-refractivity contribution is 7.80. The maximum absolute atomic E-state index is 7.80. The predicted molar refractivity (Wildman–Crippen MR) is 152 cm³/mol. The SMILES string of the molecule is CCNC(=S)N(Cc1ccc2ccc(C(=N)N)cc2c1)c1ccc(OC2CCN(C(C)=N)CC2)cc1. The molecule has 1 aliphatic rings. The van der Waals surface area contributed by atoms with Crippen molar-refractivity contribution in [3.63, 3.8) is 0 Å². The molecule has 0 amide bonds. The van der Waals surface area contributed by atoms with Crippen LogP contribution in [-0.4, -0.2) is 47.4 Å². The number of piperidine rings is 1. The number of rotatable bonds is 7. The van der Waals surface area contributed by atoms with Gasteiger partial charge in [-0.05, 0) is 78.8 Å². The number of ether oxygens (including phenoxy) is 1. The quantitative estimate of drug-likeness (QED) is 0.209. The second-order valence-corrected chi connectivity index (χ2v) is 9.50. The molecule has 36 heavy (non-hydrogen) atoms. The van der Waals surface area contributed by atoms with E-state index in [0.29, 0.717) is 23.1 Å². The molecule has 0 unspecified atom stereocenters. The molecule has 0 bridgehead atoms. The monoisotopic (exact) mass is 502 g/mol. The minimum Gasteiger partial charge on any atom is -0.490 e. The first-order valence-electron chi connectivity index (χ1n) is 12.3. The van der Waals surface area contributed by atoms with E-state index in [4.69, 9.17) is 33.5 Å². The number of hydrogen-bond donors (Lipinski definition) is 4. The van der Waals surface area contributed by atoms with E-state index in [1.54, 1.807) is 0 Å². The van der Waals surface area contributed by atoms with Gasteiger partial charge in [-0.25, -0.2) is 0 Å². The van der Waals surface area contributed by atoms with Gasteiger partial charge in [-0.2, -0.15) is 0 Å². The van der Waals surface area contributed by atoms with Crippen LogP contribution >= 0.6 is 12.2 Å². The van der Waals surface area contributed by atoms with Crippen molar-refractivity contribution < 1.29 is 4.74 Å². The van der Waals surface area contributed by atoms with Crippen molar-refractivity contribution >= 4 is 45.5 Å². The molecule has 0 aliphatic carbocycles. The van der Waals surface area contributed by atoms with E-state index < -0.39 is 0 Å². The third kappa shape index (κ3) is 6.12. The van der Waals surface area contributed by atoms with Gasteiger partial charge in [0.25, 0.3) is 0 Å². The molecule has 4 rings (SSSR count). The zero-order valence-electron chi connectivity index (χ0n) is 20.9. The second kappa shape index (κ2) is 11.4. The number of fused-ring (bicyclic) bond motifs is 1. The molecule has 1 saturated heterocycles. The van der Waals surface area contributed by atoms with Crippen molar-refractivity contribution in [3.05, 3.63) is 71.8 Å². The summed E-state index contributed by atoms with van der Waals surface area (Å²) in [6.45, 7) is 6.94. The number of nitrogens with zero attached hydrogens (tertiary/aromatic N) is 2. The molecule has 0 saturated carbocycles. The predicted octanol–water partition coefficient (Wildman–Crippen LogP) is 4.87. The van der Waals surface area contributed by atoms with E-state index in [9.17, 15) is 0 Å². The van der Waals surface area contributed by atoms with Crippen molar-refractivity contribution in [1.29, 1.82) is 10.8 Å². The number of nitrogens with two attached hydrogens (primary N) is 1. The molecule has 0 aromatic heterocycles. The molecule has 7 nitrogen and oxygen atoms in total. The molecule has 1 fully saturated rings. The lowest BCUT2D eigenvalue weighted by atomic mass is 10.0. The van der Waals surface area contributed by atoms with Crippen molar-refractivity contribution in [1.82, 2.24) is 10.2 Å². The second-order valence-electron chi connectivity index (χ2n) is 9.12. The Kier molecular flexibility index (Phi) is 8.05. The molecule has 188 valence electrons. The molecule has 0 atom stereocenters. The molecule has 0 spiro atoms. The van der Waals surface area contributed by atoms with Crippen LogP contribution in [0, 0.1) is 10.8 Å². The lowest BCUT2D eigenvalue weighted by Gasteiger charge is -2.33. The van der Waals surface area contributed by atoms with Gasteiger partial charge >= 0.3 is 0 Å². The first-order valence-corrected chi connectivity index (χ1v) is 12.7. The van der Waals surface area contributed by atoms with Crippen molar-refractivity contribution in [2.24, 2.45) is 5.73 Å². The van der Waals surface area contributed by atoms with Gasteiger partial charge in [0.05, 0.1) is 12.4 Å². The van der Waals surface area contributed by atoms with Gasteiger partial charge in [-0.3, -0.25) is 10.8 Å². The van der Waals surface area contributed by atoms with Crippen LogP contribution in [0.2, 0.25) is 0 Å². The molecule has 8 heteroatoms. The van der Waals surface area contributed by atoms with Gasteiger partial charge in [0.1, 0.15) is 17.7 Å². The molecule has 1 aliphatic heterocycles. The fraction of sp³-hybridized carbons (Fsp3) is 0.321. The van der Waals surface area contributed by atoms with E-state index in [1.165, 1.54) is 0 Å². The number of nitrogens with one attached hydrogen (secondary N) is 3. The van der Waals surface area contributed by atoms with Gasteiger partial charge in [0.15, 0.2) is 5.11 Å². The Morgan fingerprint density at radius 3 is 2.39 bits per heavy atom. The average molecular weight is 503 g/mol. The van der Waals surface area contributed by atoms with Crippen LogP contribution in [0.1, 0.15) is 37.8 Å². The largest absolute Gasteiger partial charge is 0.490 e. The molecular formula is C28H34N6OS. The smallest absolute Gasteiger partial charge is 0.173 e. The van der Waals surface area contributed by atoms with Gasteiger partial charge in [-0.1, -0.05) is 24.3 Å². The van der Waals surface area contributed by atoms with Gasteiger partial charge in [0.2, 0.25) is 0 Å². The Balaban J connectivity index is 1.50. The van der Waals surface area contributed by atoms with Crippen molar-refractivity contribution in [2.45, 2.75) is 39.3 Å². The summed E-state index contributed by atoms with van der Waals surface area (Å²) in [6.07, 6.45) is 2.01. The summed E-state index contributed by atoms with van der Waals surface area (Å²) in [5, 5.41) is 21.6. The summed E-state index contributed by atoms with van der Waals surface area (Å²) in [4.78, 5) is 4.18. The zero-order valence-corrected chi connectivity index (χ0v) is 21.7. The fourth-order valence-corrected chi connectivity index (χ4v) is 4.79. The molecule has 0 radical (unpaired) electrons. The molecular weight excluding hydrogens is 468 g/mol. The van der Waals surface area contributed by atoms with E-state index in [1.807, 2.05) is 56.3 Å². The number of likely N-dealkylation sites (tertiary alicyclic amines) is 1. The summed E-state index contributed by atoms with van der Waals surface area (Å²) >= 11 is 5.72. The van der Waals surface area contributed by atoms with Crippen LogP contribution in [0.3, 0.4) is 0 Å². The number of hydrogen-bond acceptors (Lipinski definition) is 4. The lowest BCUT2D eigenvalue weighted by Crippen LogP contribution is -2.40. The molecule has 3 aromatic rings. The van der Waals surface area contributed by atoms with Gasteiger partial charge in [0, 0.05) is 43.7 Å². The van der Waals surface area contributed by atoms with E-state index in [2.05, 4.69) is 33.3 Å². The highest BCUT2D eigenvalue weighted by Gasteiger charge is 2.21. The number of amidine groups is 2. The topological polar surface area (TPSA) is 101 Å². The molecule has 1 heterocycles. The van der Waals surface area contributed by atoms with Crippen LogP contribution < -0.4 is 20.7 Å². The van der Waals surface area contributed by atoms with E-state index in [-0.39, 0.29) is 11.9 Å². The Hall–Kier alpha value is -3.65. The number of benzene rings is 3. The first-order chi connectivity index (χ1) is 17.3. The minimum absolute atomic E-state index is 0.0648. The maximum atomic E-state index is 7.80. The average Bonchev–Trinajstić information content (AvgIpc) is 2.88. The molecule has 3 aromatic carbocycles. The van der Waals surface area contributed by atoms with Crippen molar-refractivity contribution in [3.8, 4) is 5.75 Å². The summed E-state index contributed by atoms with van der Waals surface area (Å²) in [5.74, 6) is 1.54. The third-order valence-electron chi connectivity index (χ3n) is 6.50. The Morgan fingerprint density at radius 1 is 1.06 bits per heavy atom. The summed E-state index contributed by atoms with van der Waals surface area (Å²) in [7, 11) is 0. The standard InChI is InChI=1S/C28H34N6OS/c1-3-32-28(36)34(18-20-4-5-21-6-7-22(27(30)31)17-23(21)16-20)24-8-10-25(11-9-24)35-26-12-14-33(15-13-26)19(2)29/h4-11,16-17,26,29H,3,12-15,18H2,1-2H3,(H3,30,31)(H,32,36). The van der Waals surface area contributed by atoms with Crippen LogP contribution in [0.25, 0.3) is 10.8 Å². The summed E-state index contributed by atoms with van der Waals surface area (Å²) in [6, 6.07) is 20.2. The minimum atomic E-state index is 0.0648.